The number of alkyl halides is 3. The average Bonchev–Trinajstić information content (AvgIpc) is 2.17. The van der Waals surface area contributed by atoms with Crippen LogP contribution in [0.25, 0.3) is 0 Å². The molecule has 90 valence electrons. The van der Waals surface area contributed by atoms with Crippen molar-refractivity contribution in [2.24, 2.45) is 5.73 Å². The van der Waals surface area contributed by atoms with Gasteiger partial charge in [0, 0.05) is 0 Å². The molecule has 6 heteroatoms. The molecule has 0 spiro atoms. The zero-order chi connectivity index (χ0) is 12.2. The lowest BCUT2D eigenvalue weighted by molar-refractivity contribution is -0.275. The van der Waals surface area contributed by atoms with Crippen molar-refractivity contribution in [3.8, 4) is 11.5 Å². The second-order valence-electron chi connectivity index (χ2n) is 3.20. The summed E-state index contributed by atoms with van der Waals surface area (Å²) in [6.45, 7) is 0.407. The van der Waals surface area contributed by atoms with Crippen LogP contribution in [-0.4, -0.2) is 18.0 Å². The third kappa shape index (κ3) is 3.62. The van der Waals surface area contributed by atoms with Gasteiger partial charge in [0.2, 0.25) is 0 Å². The molecule has 0 unspecified atom stereocenters. The number of para-hydroxylation sites is 1. The molecule has 0 aliphatic carbocycles. The van der Waals surface area contributed by atoms with E-state index in [9.17, 15) is 18.3 Å². The molecule has 0 aliphatic rings. The van der Waals surface area contributed by atoms with Crippen LogP contribution in [0, 0.1) is 0 Å². The van der Waals surface area contributed by atoms with E-state index in [4.69, 9.17) is 5.73 Å². The predicted octanol–water partition coefficient (Wildman–Crippen LogP) is 2.18. The minimum absolute atomic E-state index is 0.396. The Morgan fingerprint density at radius 3 is 2.56 bits per heavy atom. The van der Waals surface area contributed by atoms with Crippen LogP contribution in [0.1, 0.15) is 12.0 Å². The van der Waals surface area contributed by atoms with Crippen molar-refractivity contribution in [2.45, 2.75) is 19.2 Å². The van der Waals surface area contributed by atoms with E-state index in [0.29, 0.717) is 24.9 Å². The lowest BCUT2D eigenvalue weighted by atomic mass is 10.1. The van der Waals surface area contributed by atoms with E-state index in [0.717, 1.165) is 6.07 Å². The van der Waals surface area contributed by atoms with Crippen LogP contribution in [0.4, 0.5) is 13.2 Å². The van der Waals surface area contributed by atoms with E-state index in [1.807, 2.05) is 0 Å². The summed E-state index contributed by atoms with van der Waals surface area (Å²) in [5, 5.41) is 9.51. The van der Waals surface area contributed by atoms with Crippen LogP contribution in [-0.2, 0) is 6.42 Å². The van der Waals surface area contributed by atoms with Crippen molar-refractivity contribution in [3.05, 3.63) is 23.8 Å². The number of aryl methyl sites for hydroxylation is 1. The number of nitrogens with two attached hydrogens (primary N) is 1. The van der Waals surface area contributed by atoms with Crippen molar-refractivity contribution >= 4 is 0 Å². The Kier molecular flexibility index (Phi) is 4.00. The Morgan fingerprint density at radius 1 is 1.31 bits per heavy atom. The van der Waals surface area contributed by atoms with Crippen molar-refractivity contribution in [1.29, 1.82) is 0 Å². The van der Waals surface area contributed by atoms with E-state index in [2.05, 4.69) is 4.74 Å². The van der Waals surface area contributed by atoms with Gasteiger partial charge < -0.3 is 15.6 Å². The lowest BCUT2D eigenvalue weighted by Gasteiger charge is -2.12. The molecule has 0 saturated carbocycles. The molecule has 0 bridgehead atoms. The molecule has 0 heterocycles. The molecule has 3 N–H and O–H groups in total. The number of aromatic hydroxyl groups is 1. The predicted molar refractivity (Wildman–Crippen MR) is 52.2 cm³/mol. The summed E-state index contributed by atoms with van der Waals surface area (Å²) >= 11 is 0. The number of ether oxygens (including phenoxy) is 1. The van der Waals surface area contributed by atoms with Crippen molar-refractivity contribution < 1.29 is 23.0 Å². The Hall–Kier alpha value is -1.43. The van der Waals surface area contributed by atoms with Crippen LogP contribution in [0.3, 0.4) is 0 Å². The summed E-state index contributed by atoms with van der Waals surface area (Å²) < 4.78 is 39.5. The number of rotatable bonds is 4. The summed E-state index contributed by atoms with van der Waals surface area (Å²) in [4.78, 5) is 0. The highest BCUT2D eigenvalue weighted by molar-refractivity contribution is 5.45. The topological polar surface area (TPSA) is 55.5 Å². The highest BCUT2D eigenvalue weighted by atomic mass is 19.4. The summed E-state index contributed by atoms with van der Waals surface area (Å²) in [7, 11) is 0. The second kappa shape index (κ2) is 5.07. The van der Waals surface area contributed by atoms with Gasteiger partial charge in [0.25, 0.3) is 0 Å². The van der Waals surface area contributed by atoms with Crippen LogP contribution in [0.15, 0.2) is 18.2 Å². The molecule has 0 atom stereocenters. The maximum Gasteiger partial charge on any atom is 0.573 e. The van der Waals surface area contributed by atoms with Crippen LogP contribution in [0.2, 0.25) is 0 Å². The Balaban J connectivity index is 2.86. The van der Waals surface area contributed by atoms with Gasteiger partial charge in [-0.3, -0.25) is 0 Å². The molecular weight excluding hydrogens is 223 g/mol. The summed E-state index contributed by atoms with van der Waals surface area (Å²) in [6.07, 6.45) is -3.80. The number of hydrogen-bond donors (Lipinski definition) is 2. The van der Waals surface area contributed by atoms with E-state index in [1.165, 1.54) is 12.1 Å². The average molecular weight is 235 g/mol. The largest absolute Gasteiger partial charge is 0.573 e. The smallest absolute Gasteiger partial charge is 0.504 e. The Morgan fingerprint density at radius 2 is 2.00 bits per heavy atom. The number of benzene rings is 1. The molecular formula is C10H12F3NO2. The van der Waals surface area contributed by atoms with Crippen LogP contribution < -0.4 is 10.5 Å². The fourth-order valence-electron chi connectivity index (χ4n) is 1.27. The highest BCUT2D eigenvalue weighted by Crippen LogP contribution is 2.34. The molecule has 16 heavy (non-hydrogen) atoms. The Labute approximate surface area is 90.6 Å². The Bertz CT molecular complexity index is 352. The van der Waals surface area contributed by atoms with E-state index < -0.39 is 17.9 Å². The van der Waals surface area contributed by atoms with Crippen LogP contribution >= 0.6 is 0 Å². The SMILES string of the molecule is NCCCc1cccc(OC(F)(F)F)c1O. The number of phenols is 1. The maximum atomic E-state index is 12.0. The molecule has 1 aromatic carbocycles. The first-order valence-corrected chi connectivity index (χ1v) is 4.70. The number of phenolic OH excluding ortho intramolecular Hbond substituents is 1. The molecule has 0 amide bonds. The number of halogens is 3. The molecule has 0 saturated heterocycles. The molecule has 3 nitrogen and oxygen atoms in total. The molecule has 1 aromatic rings. The molecule has 0 aliphatic heterocycles. The van der Waals surface area contributed by atoms with Crippen molar-refractivity contribution in [1.82, 2.24) is 0 Å². The number of hydrogen-bond acceptors (Lipinski definition) is 3. The molecule has 1 rings (SSSR count). The normalized spacial score (nSPS) is 11.5. The zero-order valence-electron chi connectivity index (χ0n) is 8.42. The van der Waals surface area contributed by atoms with Gasteiger partial charge in [-0.25, -0.2) is 0 Å². The summed E-state index contributed by atoms with van der Waals surface area (Å²) in [5.41, 5.74) is 5.67. The molecule has 0 fully saturated rings. The van der Waals surface area contributed by atoms with Crippen LogP contribution in [0.5, 0.6) is 11.5 Å². The van der Waals surface area contributed by atoms with Gasteiger partial charge in [0.15, 0.2) is 11.5 Å². The van der Waals surface area contributed by atoms with Gasteiger partial charge in [-0.05, 0) is 31.0 Å². The van der Waals surface area contributed by atoms with Gasteiger partial charge in [0.05, 0.1) is 0 Å². The first-order valence-electron chi connectivity index (χ1n) is 4.70. The van der Waals surface area contributed by atoms with Gasteiger partial charge >= 0.3 is 6.36 Å². The lowest BCUT2D eigenvalue weighted by Crippen LogP contribution is -2.17. The summed E-state index contributed by atoms with van der Waals surface area (Å²) in [5.74, 6) is -1.06. The molecule has 0 aromatic heterocycles. The van der Waals surface area contributed by atoms with Gasteiger partial charge in [0.1, 0.15) is 0 Å². The van der Waals surface area contributed by atoms with Gasteiger partial charge in [-0.1, -0.05) is 12.1 Å². The van der Waals surface area contributed by atoms with E-state index in [-0.39, 0.29) is 0 Å². The van der Waals surface area contributed by atoms with Crippen molar-refractivity contribution in [3.63, 3.8) is 0 Å². The fourth-order valence-corrected chi connectivity index (χ4v) is 1.27. The van der Waals surface area contributed by atoms with E-state index in [1.54, 1.807) is 0 Å². The third-order valence-electron chi connectivity index (χ3n) is 1.96. The monoisotopic (exact) mass is 235 g/mol. The highest BCUT2D eigenvalue weighted by Gasteiger charge is 2.32. The first-order chi connectivity index (χ1) is 7.44. The first kappa shape index (κ1) is 12.6. The van der Waals surface area contributed by atoms with Gasteiger partial charge in [-0.15, -0.1) is 13.2 Å². The quantitative estimate of drug-likeness (QED) is 0.841. The van der Waals surface area contributed by atoms with E-state index >= 15 is 0 Å². The zero-order valence-corrected chi connectivity index (χ0v) is 8.42. The second-order valence-corrected chi connectivity index (χ2v) is 3.20. The van der Waals surface area contributed by atoms with Crippen molar-refractivity contribution in [2.75, 3.05) is 6.54 Å². The maximum absolute atomic E-state index is 12.0. The molecule has 0 radical (unpaired) electrons. The third-order valence-corrected chi connectivity index (χ3v) is 1.96. The van der Waals surface area contributed by atoms with Gasteiger partial charge in [-0.2, -0.15) is 0 Å². The minimum atomic E-state index is -4.80. The standard InChI is InChI=1S/C10H12F3NO2/c11-10(12,13)16-8-5-1-3-7(9(8)15)4-2-6-14/h1,3,5,15H,2,4,6,14H2. The fraction of sp³-hybridized carbons (Fsp3) is 0.400. The minimum Gasteiger partial charge on any atom is -0.504 e. The summed E-state index contributed by atoms with van der Waals surface area (Å²) in [6, 6.07) is 4.00.